The lowest BCUT2D eigenvalue weighted by Gasteiger charge is -2.30. The van der Waals surface area contributed by atoms with Gasteiger partial charge in [0.15, 0.2) is 0 Å². The normalized spacial score (nSPS) is 14.9. The Morgan fingerprint density at radius 1 is 1.33 bits per heavy atom. The Hall–Kier alpha value is -0.680. The molecule has 0 saturated carbocycles. The number of rotatable bonds is 5. The molecule has 2 rings (SSSR count). The average molecular weight is 280 g/mol. The summed E-state index contributed by atoms with van der Waals surface area (Å²) in [6.07, 6.45) is 0. The number of hydrogen-bond donors (Lipinski definition) is 1. The summed E-state index contributed by atoms with van der Waals surface area (Å²) in [5.74, 6) is 0. The number of thiophene rings is 2. The van der Waals surface area contributed by atoms with Crippen LogP contribution >= 0.6 is 22.7 Å². The molecule has 98 valence electrons. The van der Waals surface area contributed by atoms with E-state index in [1.54, 1.807) is 11.3 Å². The van der Waals surface area contributed by atoms with Crippen LogP contribution in [0.3, 0.4) is 0 Å². The third-order valence-corrected chi connectivity index (χ3v) is 4.98. The second-order valence-electron chi connectivity index (χ2n) is 4.82. The highest BCUT2D eigenvalue weighted by Crippen LogP contribution is 2.31. The number of nitrogens with two attached hydrogens (primary N) is 1. The van der Waals surface area contributed by atoms with E-state index in [1.807, 2.05) is 11.3 Å². The SMILES string of the molecule is Cc1ccsc1C(C(C)N)N(C)Cc1ccsc1. The molecule has 2 heterocycles. The van der Waals surface area contributed by atoms with Gasteiger partial charge in [-0.25, -0.2) is 0 Å². The zero-order valence-electron chi connectivity index (χ0n) is 11.1. The largest absolute Gasteiger partial charge is 0.326 e. The molecule has 0 saturated heterocycles. The van der Waals surface area contributed by atoms with Crippen molar-refractivity contribution in [2.45, 2.75) is 32.5 Å². The maximum atomic E-state index is 6.19. The van der Waals surface area contributed by atoms with Gasteiger partial charge in [0.2, 0.25) is 0 Å². The summed E-state index contributed by atoms with van der Waals surface area (Å²) in [4.78, 5) is 3.74. The monoisotopic (exact) mass is 280 g/mol. The van der Waals surface area contributed by atoms with Gasteiger partial charge in [0.25, 0.3) is 0 Å². The van der Waals surface area contributed by atoms with Crippen LogP contribution in [0.25, 0.3) is 0 Å². The van der Waals surface area contributed by atoms with E-state index < -0.39 is 0 Å². The highest BCUT2D eigenvalue weighted by Gasteiger charge is 2.23. The molecule has 0 radical (unpaired) electrons. The van der Waals surface area contributed by atoms with Gasteiger partial charge in [0.1, 0.15) is 0 Å². The van der Waals surface area contributed by atoms with Gasteiger partial charge < -0.3 is 5.73 Å². The third-order valence-electron chi connectivity index (χ3n) is 3.16. The van der Waals surface area contributed by atoms with Crippen molar-refractivity contribution in [2.75, 3.05) is 7.05 Å². The summed E-state index contributed by atoms with van der Waals surface area (Å²) in [5.41, 5.74) is 8.90. The summed E-state index contributed by atoms with van der Waals surface area (Å²) < 4.78 is 0. The number of likely N-dealkylation sites (N-methyl/N-ethyl adjacent to an activating group) is 1. The van der Waals surface area contributed by atoms with Gasteiger partial charge in [-0.2, -0.15) is 11.3 Å². The van der Waals surface area contributed by atoms with Crippen LogP contribution in [0, 0.1) is 6.92 Å². The highest BCUT2D eigenvalue weighted by atomic mass is 32.1. The van der Waals surface area contributed by atoms with E-state index in [9.17, 15) is 0 Å². The fourth-order valence-corrected chi connectivity index (χ4v) is 4.16. The van der Waals surface area contributed by atoms with Gasteiger partial charge in [-0.1, -0.05) is 0 Å². The molecule has 2 aromatic heterocycles. The standard InChI is InChI=1S/C14H20N2S2/c1-10-4-7-18-14(10)13(11(2)15)16(3)8-12-5-6-17-9-12/h4-7,9,11,13H,8,15H2,1-3H3. The minimum atomic E-state index is 0.131. The van der Waals surface area contributed by atoms with Gasteiger partial charge in [-0.15, -0.1) is 11.3 Å². The van der Waals surface area contributed by atoms with Crippen molar-refractivity contribution < 1.29 is 0 Å². The van der Waals surface area contributed by atoms with Crippen molar-refractivity contribution in [2.24, 2.45) is 5.73 Å². The Balaban J connectivity index is 2.18. The van der Waals surface area contributed by atoms with Gasteiger partial charge >= 0.3 is 0 Å². The Morgan fingerprint density at radius 2 is 2.11 bits per heavy atom. The average Bonchev–Trinajstić information content (AvgIpc) is 2.91. The van der Waals surface area contributed by atoms with E-state index in [0.29, 0.717) is 6.04 Å². The molecule has 2 atom stereocenters. The Morgan fingerprint density at radius 3 is 2.61 bits per heavy atom. The van der Waals surface area contributed by atoms with Crippen LogP contribution in [0.2, 0.25) is 0 Å². The van der Waals surface area contributed by atoms with E-state index in [1.165, 1.54) is 16.0 Å². The third kappa shape index (κ3) is 3.01. The lowest BCUT2D eigenvalue weighted by atomic mass is 10.0. The van der Waals surface area contributed by atoms with E-state index in [-0.39, 0.29) is 6.04 Å². The molecule has 0 fully saturated rings. The molecule has 0 aromatic carbocycles. The maximum Gasteiger partial charge on any atom is 0.0593 e. The fraction of sp³-hybridized carbons (Fsp3) is 0.429. The molecule has 0 amide bonds. The predicted molar refractivity (Wildman–Crippen MR) is 81.2 cm³/mol. The van der Waals surface area contributed by atoms with Gasteiger partial charge in [0, 0.05) is 17.5 Å². The smallest absolute Gasteiger partial charge is 0.0593 e. The minimum Gasteiger partial charge on any atom is -0.326 e. The van der Waals surface area contributed by atoms with Crippen LogP contribution in [-0.2, 0) is 6.54 Å². The van der Waals surface area contributed by atoms with Crippen molar-refractivity contribution in [3.8, 4) is 0 Å². The minimum absolute atomic E-state index is 0.131. The first-order valence-corrected chi connectivity index (χ1v) is 7.92. The zero-order chi connectivity index (χ0) is 13.1. The molecule has 4 heteroatoms. The number of nitrogens with zero attached hydrogens (tertiary/aromatic N) is 1. The van der Waals surface area contributed by atoms with Crippen molar-refractivity contribution in [1.29, 1.82) is 0 Å². The maximum absolute atomic E-state index is 6.19. The first kappa shape index (κ1) is 13.7. The van der Waals surface area contributed by atoms with E-state index >= 15 is 0 Å². The first-order chi connectivity index (χ1) is 8.59. The van der Waals surface area contributed by atoms with Crippen LogP contribution in [0.4, 0.5) is 0 Å². The van der Waals surface area contributed by atoms with Crippen molar-refractivity contribution in [1.82, 2.24) is 4.90 Å². The second kappa shape index (κ2) is 5.97. The van der Waals surface area contributed by atoms with Gasteiger partial charge in [-0.05, 0) is 60.3 Å². The molecule has 0 bridgehead atoms. The topological polar surface area (TPSA) is 29.3 Å². The molecule has 18 heavy (non-hydrogen) atoms. The summed E-state index contributed by atoms with van der Waals surface area (Å²) in [5, 5.41) is 6.48. The quantitative estimate of drug-likeness (QED) is 0.906. The second-order valence-corrected chi connectivity index (χ2v) is 6.55. The van der Waals surface area contributed by atoms with Crippen LogP contribution in [0.1, 0.15) is 29.0 Å². The first-order valence-electron chi connectivity index (χ1n) is 6.10. The fourth-order valence-electron chi connectivity index (χ4n) is 2.30. The molecule has 2 aromatic rings. The molecule has 2 N–H and O–H groups in total. The van der Waals surface area contributed by atoms with Gasteiger partial charge in [0.05, 0.1) is 6.04 Å². The molecule has 0 aliphatic rings. The van der Waals surface area contributed by atoms with Gasteiger partial charge in [-0.3, -0.25) is 4.90 Å². The molecule has 0 aliphatic heterocycles. The molecule has 0 aliphatic carbocycles. The van der Waals surface area contributed by atoms with Crippen LogP contribution in [-0.4, -0.2) is 18.0 Å². The van der Waals surface area contributed by atoms with E-state index in [2.05, 4.69) is 54.1 Å². The number of hydrogen-bond acceptors (Lipinski definition) is 4. The Bertz CT molecular complexity index is 474. The summed E-state index contributed by atoms with van der Waals surface area (Å²) in [6, 6.07) is 4.78. The van der Waals surface area contributed by atoms with E-state index in [0.717, 1.165) is 6.54 Å². The zero-order valence-corrected chi connectivity index (χ0v) is 12.7. The van der Waals surface area contributed by atoms with Crippen molar-refractivity contribution in [3.05, 3.63) is 44.3 Å². The lowest BCUT2D eigenvalue weighted by Crippen LogP contribution is -2.36. The highest BCUT2D eigenvalue weighted by molar-refractivity contribution is 7.10. The predicted octanol–water partition coefficient (Wildman–Crippen LogP) is 3.64. The van der Waals surface area contributed by atoms with Crippen molar-refractivity contribution >= 4 is 22.7 Å². The molecule has 2 nitrogen and oxygen atoms in total. The molecule has 0 spiro atoms. The molecule has 2 unspecified atom stereocenters. The van der Waals surface area contributed by atoms with Crippen LogP contribution in [0.15, 0.2) is 28.3 Å². The summed E-state index contributed by atoms with van der Waals surface area (Å²) in [7, 11) is 2.16. The van der Waals surface area contributed by atoms with E-state index in [4.69, 9.17) is 5.73 Å². The van der Waals surface area contributed by atoms with Crippen molar-refractivity contribution in [3.63, 3.8) is 0 Å². The molecular weight excluding hydrogens is 260 g/mol. The summed E-state index contributed by atoms with van der Waals surface area (Å²) in [6.45, 7) is 5.21. The molecular formula is C14H20N2S2. The number of aryl methyl sites for hydroxylation is 1. The van der Waals surface area contributed by atoms with Crippen LogP contribution < -0.4 is 5.73 Å². The summed E-state index contributed by atoms with van der Waals surface area (Å²) >= 11 is 3.55. The van der Waals surface area contributed by atoms with Crippen LogP contribution in [0.5, 0.6) is 0 Å². The Labute approximate surface area is 117 Å². The lowest BCUT2D eigenvalue weighted by molar-refractivity contribution is 0.214. The Kier molecular flexibility index (Phi) is 4.56.